The molecule has 1 aliphatic carbocycles. The van der Waals surface area contributed by atoms with Crippen LogP contribution in [0.3, 0.4) is 0 Å². The molecular weight excluding hydrogens is 474 g/mol. The summed E-state index contributed by atoms with van der Waals surface area (Å²) < 4.78 is 26.9. The number of rotatable bonds is 10. The first kappa shape index (κ1) is 27.7. The van der Waals surface area contributed by atoms with Gasteiger partial charge >= 0.3 is 0 Å². The van der Waals surface area contributed by atoms with Crippen LogP contribution >= 0.6 is 0 Å². The van der Waals surface area contributed by atoms with E-state index < -0.39 is 22.0 Å². The van der Waals surface area contributed by atoms with Gasteiger partial charge in [-0.2, -0.15) is 0 Å². The highest BCUT2D eigenvalue weighted by atomic mass is 32.2. The van der Waals surface area contributed by atoms with E-state index >= 15 is 0 Å². The molecule has 1 atom stereocenters. The molecule has 1 saturated carbocycles. The van der Waals surface area contributed by atoms with E-state index in [4.69, 9.17) is 0 Å². The third kappa shape index (κ3) is 7.32. The highest BCUT2D eigenvalue weighted by Crippen LogP contribution is 2.29. The quantitative estimate of drug-likeness (QED) is 0.509. The van der Waals surface area contributed by atoms with Gasteiger partial charge in [0.1, 0.15) is 12.6 Å². The van der Waals surface area contributed by atoms with Crippen LogP contribution < -0.4 is 9.62 Å². The molecule has 0 unspecified atom stereocenters. The second kappa shape index (κ2) is 12.4. The van der Waals surface area contributed by atoms with E-state index in [1.54, 1.807) is 19.1 Å². The summed E-state index contributed by atoms with van der Waals surface area (Å²) in [5, 5.41) is 3.11. The maximum Gasteiger partial charge on any atom is 0.244 e. The Morgan fingerprint density at radius 2 is 1.56 bits per heavy atom. The molecule has 2 amide bonds. The number of para-hydroxylation sites is 1. The lowest BCUT2D eigenvalue weighted by Crippen LogP contribution is -2.53. The Bertz CT molecular complexity index is 1130. The maximum atomic E-state index is 13.7. The second-order valence-corrected chi connectivity index (χ2v) is 11.9. The maximum absolute atomic E-state index is 13.7. The van der Waals surface area contributed by atoms with Crippen LogP contribution in [0.5, 0.6) is 0 Å². The molecule has 0 heterocycles. The minimum absolute atomic E-state index is 0.0705. The summed E-state index contributed by atoms with van der Waals surface area (Å²) in [6.45, 7) is 5.52. The van der Waals surface area contributed by atoms with Gasteiger partial charge in [0.05, 0.1) is 11.9 Å². The van der Waals surface area contributed by atoms with Crippen molar-refractivity contribution in [3.63, 3.8) is 0 Å². The first-order chi connectivity index (χ1) is 17.1. The van der Waals surface area contributed by atoms with Gasteiger partial charge in [-0.1, -0.05) is 81.6 Å². The molecule has 0 aliphatic heterocycles. The molecule has 2 aromatic rings. The molecule has 3 rings (SSSR count). The van der Waals surface area contributed by atoms with Crippen molar-refractivity contribution in [3.05, 3.63) is 65.7 Å². The van der Waals surface area contributed by atoms with Gasteiger partial charge in [0.15, 0.2) is 0 Å². The number of hydrogen-bond donors (Lipinski definition) is 1. The van der Waals surface area contributed by atoms with Gasteiger partial charge in [-0.3, -0.25) is 13.9 Å². The zero-order valence-corrected chi connectivity index (χ0v) is 22.6. The highest BCUT2D eigenvalue weighted by Gasteiger charge is 2.32. The molecule has 1 N–H and O–H groups in total. The minimum atomic E-state index is -3.76. The molecule has 1 aliphatic rings. The van der Waals surface area contributed by atoms with Crippen LogP contribution in [0.1, 0.15) is 69.9 Å². The number of amides is 2. The Hall–Kier alpha value is -2.87. The monoisotopic (exact) mass is 513 g/mol. The fraction of sp³-hybridized carbons (Fsp3) is 0.500. The topological polar surface area (TPSA) is 86.8 Å². The van der Waals surface area contributed by atoms with Crippen LogP contribution in [0.2, 0.25) is 0 Å². The predicted octanol–water partition coefficient (Wildman–Crippen LogP) is 4.44. The third-order valence-electron chi connectivity index (χ3n) is 6.82. The van der Waals surface area contributed by atoms with Crippen LogP contribution in [0, 0.1) is 0 Å². The molecule has 2 aromatic carbocycles. The number of carbonyl (C=O) groups is 2. The average Bonchev–Trinajstić information content (AvgIpc) is 2.85. The fourth-order valence-corrected chi connectivity index (χ4v) is 5.60. The number of anilines is 1. The summed E-state index contributed by atoms with van der Waals surface area (Å²) in [4.78, 5) is 28.4. The number of benzene rings is 2. The van der Waals surface area contributed by atoms with Crippen molar-refractivity contribution in [1.29, 1.82) is 0 Å². The molecule has 36 heavy (non-hydrogen) atoms. The molecule has 0 bridgehead atoms. The van der Waals surface area contributed by atoms with Crippen LogP contribution in [-0.2, 0) is 26.2 Å². The van der Waals surface area contributed by atoms with Gasteiger partial charge in [-0.05, 0) is 42.9 Å². The summed E-state index contributed by atoms with van der Waals surface area (Å²) in [5.41, 5.74) is 2.20. The van der Waals surface area contributed by atoms with Gasteiger partial charge < -0.3 is 10.2 Å². The number of sulfonamides is 1. The summed E-state index contributed by atoms with van der Waals surface area (Å²) >= 11 is 0. The van der Waals surface area contributed by atoms with Crippen LogP contribution in [0.25, 0.3) is 0 Å². The van der Waals surface area contributed by atoms with E-state index in [0.29, 0.717) is 5.69 Å². The smallest absolute Gasteiger partial charge is 0.244 e. The normalized spacial score (nSPS) is 15.4. The van der Waals surface area contributed by atoms with E-state index in [2.05, 4.69) is 5.32 Å². The van der Waals surface area contributed by atoms with Crippen LogP contribution in [0.4, 0.5) is 5.69 Å². The van der Waals surface area contributed by atoms with Crippen molar-refractivity contribution in [2.75, 3.05) is 17.1 Å². The Balaban J connectivity index is 1.89. The van der Waals surface area contributed by atoms with Gasteiger partial charge in [0.2, 0.25) is 21.8 Å². The van der Waals surface area contributed by atoms with Crippen molar-refractivity contribution in [2.24, 2.45) is 0 Å². The Morgan fingerprint density at radius 1 is 0.944 bits per heavy atom. The first-order valence-electron chi connectivity index (χ1n) is 12.8. The van der Waals surface area contributed by atoms with Gasteiger partial charge in [-0.25, -0.2) is 8.42 Å². The van der Waals surface area contributed by atoms with E-state index in [1.165, 1.54) is 11.3 Å². The summed E-state index contributed by atoms with van der Waals surface area (Å²) in [5.74, 6) is -0.560. The van der Waals surface area contributed by atoms with E-state index in [1.807, 2.05) is 56.3 Å². The number of nitrogens with zero attached hydrogens (tertiary/aromatic N) is 2. The van der Waals surface area contributed by atoms with Crippen molar-refractivity contribution in [1.82, 2.24) is 10.2 Å². The van der Waals surface area contributed by atoms with Crippen molar-refractivity contribution < 1.29 is 18.0 Å². The van der Waals surface area contributed by atoms with Crippen LogP contribution in [-0.4, -0.2) is 50.0 Å². The minimum Gasteiger partial charge on any atom is -0.352 e. The summed E-state index contributed by atoms with van der Waals surface area (Å²) in [6, 6.07) is 16.1. The highest BCUT2D eigenvalue weighted by molar-refractivity contribution is 7.92. The van der Waals surface area contributed by atoms with Gasteiger partial charge in [0.25, 0.3) is 0 Å². The molecule has 196 valence electrons. The van der Waals surface area contributed by atoms with E-state index in [-0.39, 0.29) is 31.0 Å². The lowest BCUT2D eigenvalue weighted by atomic mass is 9.95. The number of nitrogens with one attached hydrogen (secondary N) is 1. The number of carbonyl (C=O) groups excluding carboxylic acids is 2. The lowest BCUT2D eigenvalue weighted by Gasteiger charge is -2.33. The molecule has 0 aromatic heterocycles. The molecule has 1 fully saturated rings. The number of hydrogen-bond acceptors (Lipinski definition) is 4. The molecule has 0 radical (unpaired) electrons. The zero-order chi connectivity index (χ0) is 26.3. The van der Waals surface area contributed by atoms with Crippen molar-refractivity contribution in [3.8, 4) is 0 Å². The Kier molecular flexibility index (Phi) is 9.54. The van der Waals surface area contributed by atoms with Crippen molar-refractivity contribution in [2.45, 2.75) is 77.4 Å². The first-order valence-corrected chi connectivity index (χ1v) is 14.6. The Labute approximate surface area is 215 Å². The summed E-state index contributed by atoms with van der Waals surface area (Å²) in [7, 11) is -3.76. The SMILES string of the molecule is CC(C)c1ccccc1N(CC(=O)N(Cc1ccccc1)[C@H](C)C(=O)NC1CCCCC1)S(C)(=O)=O. The van der Waals surface area contributed by atoms with E-state index in [9.17, 15) is 18.0 Å². The standard InChI is InChI=1S/C28H39N3O4S/c1-21(2)25-17-11-12-18-26(25)31(36(4,34)35)20-27(32)30(19-23-13-7-5-8-14-23)22(3)28(33)29-24-15-9-6-10-16-24/h5,7-8,11-14,17-18,21-22,24H,6,9-10,15-16,19-20H2,1-4H3,(H,29,33)/t22-/m1/s1. The molecular formula is C28H39N3O4S. The average molecular weight is 514 g/mol. The zero-order valence-electron chi connectivity index (χ0n) is 21.8. The van der Waals surface area contributed by atoms with Gasteiger partial charge in [-0.15, -0.1) is 0 Å². The lowest BCUT2D eigenvalue weighted by molar-refractivity contribution is -0.139. The van der Waals surface area contributed by atoms with Gasteiger partial charge in [0, 0.05) is 12.6 Å². The molecule has 0 saturated heterocycles. The second-order valence-electron chi connectivity index (χ2n) is 10.0. The van der Waals surface area contributed by atoms with E-state index in [0.717, 1.165) is 47.4 Å². The Morgan fingerprint density at radius 3 is 2.17 bits per heavy atom. The molecule has 0 spiro atoms. The predicted molar refractivity (Wildman–Crippen MR) is 144 cm³/mol. The molecule has 8 heteroatoms. The fourth-order valence-electron chi connectivity index (χ4n) is 4.73. The summed E-state index contributed by atoms with van der Waals surface area (Å²) in [6.07, 6.45) is 6.35. The molecule has 7 nitrogen and oxygen atoms in total. The van der Waals surface area contributed by atoms with Crippen molar-refractivity contribution >= 4 is 27.5 Å². The third-order valence-corrected chi connectivity index (χ3v) is 7.95. The largest absolute Gasteiger partial charge is 0.352 e. The van der Waals surface area contributed by atoms with Crippen LogP contribution in [0.15, 0.2) is 54.6 Å².